The number of anilines is 1. The number of thiocarbonyl (C=S) groups is 1. The second-order valence-electron chi connectivity index (χ2n) is 10.0. The van der Waals surface area contributed by atoms with Crippen LogP contribution < -0.4 is 4.90 Å². The van der Waals surface area contributed by atoms with Gasteiger partial charge in [0.1, 0.15) is 5.57 Å². The van der Waals surface area contributed by atoms with E-state index < -0.39 is 5.91 Å². The summed E-state index contributed by atoms with van der Waals surface area (Å²) in [6, 6.07) is 41.6. The molecule has 0 spiro atoms. The van der Waals surface area contributed by atoms with E-state index in [9.17, 15) is 9.59 Å². The lowest BCUT2D eigenvalue weighted by molar-refractivity contribution is -0.127. The molecule has 42 heavy (non-hydrogen) atoms. The minimum Gasteiger partial charge on any atom is -0.309 e. The molecule has 0 unspecified atom stereocenters. The third-order valence-electron chi connectivity index (χ3n) is 7.25. The molecule has 5 nitrogen and oxygen atoms in total. The molecule has 1 aromatic heterocycles. The molecule has 1 fully saturated rings. The number of carbonyl (C=O) groups is 2. The van der Waals surface area contributed by atoms with Gasteiger partial charge >= 0.3 is 0 Å². The van der Waals surface area contributed by atoms with Crippen LogP contribution in [0, 0.1) is 0 Å². The molecule has 2 amide bonds. The quantitative estimate of drug-likeness (QED) is 0.115. The highest BCUT2D eigenvalue weighted by Gasteiger charge is 2.40. The zero-order valence-electron chi connectivity index (χ0n) is 23.2. The Morgan fingerprint density at radius 1 is 0.667 bits per heavy atom. The predicted molar refractivity (Wildman–Crippen MR) is 173 cm³/mol. The number of aromatic nitrogens is 1. The van der Waals surface area contributed by atoms with Crippen LogP contribution in [0.5, 0.6) is 0 Å². The van der Waals surface area contributed by atoms with Crippen LogP contribution in [0.3, 0.4) is 0 Å². The highest BCUT2D eigenvalue weighted by atomic mass is 32.1. The van der Waals surface area contributed by atoms with Crippen LogP contribution in [0.2, 0.25) is 0 Å². The maximum atomic E-state index is 14.1. The number of hydrogen-bond acceptors (Lipinski definition) is 3. The minimum absolute atomic E-state index is 0.0721. The molecule has 0 bridgehead atoms. The van der Waals surface area contributed by atoms with E-state index in [4.69, 9.17) is 12.2 Å². The van der Waals surface area contributed by atoms with E-state index in [0.717, 1.165) is 33.8 Å². The van der Waals surface area contributed by atoms with Gasteiger partial charge in [-0.2, -0.15) is 0 Å². The lowest BCUT2D eigenvalue weighted by Gasteiger charge is -2.36. The highest BCUT2D eigenvalue weighted by Crippen LogP contribution is 2.38. The van der Waals surface area contributed by atoms with Gasteiger partial charge in [-0.1, -0.05) is 104 Å². The molecule has 0 saturated carbocycles. The summed E-state index contributed by atoms with van der Waals surface area (Å²) >= 11 is 5.70. The topological polar surface area (TPSA) is 45.6 Å². The van der Waals surface area contributed by atoms with Gasteiger partial charge in [-0.05, 0) is 66.2 Å². The minimum atomic E-state index is -0.434. The Morgan fingerprint density at radius 3 is 1.76 bits per heavy atom. The Labute approximate surface area is 251 Å². The Morgan fingerprint density at radius 2 is 1.19 bits per heavy atom. The Hall–Kier alpha value is -5.07. The molecule has 2 heterocycles. The van der Waals surface area contributed by atoms with Crippen molar-refractivity contribution in [1.29, 1.82) is 0 Å². The molecule has 0 N–H and O–H groups in total. The van der Waals surface area contributed by atoms with Gasteiger partial charge in [0.15, 0.2) is 5.11 Å². The molecule has 0 atom stereocenters. The number of rotatable bonds is 7. The molecular formula is C36H29N3O2S. The van der Waals surface area contributed by atoms with Crippen LogP contribution in [0.25, 0.3) is 34.3 Å². The first-order valence-electron chi connectivity index (χ1n) is 14.0. The van der Waals surface area contributed by atoms with Gasteiger partial charge in [0.2, 0.25) is 0 Å². The zero-order chi connectivity index (χ0) is 29.1. The summed E-state index contributed by atoms with van der Waals surface area (Å²) < 4.78 is 2.19. The lowest BCUT2D eigenvalue weighted by Crippen LogP contribution is -2.56. The van der Waals surface area contributed by atoms with Crippen molar-refractivity contribution in [3.05, 3.63) is 139 Å². The summed E-state index contributed by atoms with van der Waals surface area (Å²) in [5, 5.41) is 0.199. The van der Waals surface area contributed by atoms with E-state index in [1.165, 1.54) is 9.80 Å². The average Bonchev–Trinajstić information content (AvgIpc) is 3.42. The van der Waals surface area contributed by atoms with Crippen molar-refractivity contribution in [2.24, 2.45) is 0 Å². The van der Waals surface area contributed by atoms with Gasteiger partial charge in [0.05, 0.1) is 17.1 Å². The monoisotopic (exact) mass is 567 g/mol. The lowest BCUT2D eigenvalue weighted by atomic mass is 10.0. The number of carbonyl (C=O) groups excluding carboxylic acids is 2. The van der Waals surface area contributed by atoms with Gasteiger partial charge in [0.25, 0.3) is 11.8 Å². The van der Waals surface area contributed by atoms with E-state index in [0.29, 0.717) is 18.7 Å². The smallest absolute Gasteiger partial charge is 0.270 e. The van der Waals surface area contributed by atoms with E-state index >= 15 is 0 Å². The Kier molecular flexibility index (Phi) is 7.62. The van der Waals surface area contributed by atoms with Crippen LogP contribution in [0.4, 0.5) is 5.69 Å². The van der Waals surface area contributed by atoms with Gasteiger partial charge < -0.3 is 4.57 Å². The first-order chi connectivity index (χ1) is 20.6. The summed E-state index contributed by atoms with van der Waals surface area (Å²) in [6.45, 7) is 2.40. The van der Waals surface area contributed by atoms with Gasteiger partial charge in [0, 0.05) is 17.8 Å². The van der Waals surface area contributed by atoms with Crippen molar-refractivity contribution < 1.29 is 9.59 Å². The first kappa shape index (κ1) is 27.1. The SMILES string of the molecule is CCCN1C(=O)/C(=C/c2cc(-c3ccccc3)n(-c3ccccc3)c2-c2ccccc2)C(=O)N(c2ccccc2)C1=S. The highest BCUT2D eigenvalue weighted by molar-refractivity contribution is 7.80. The van der Waals surface area contributed by atoms with Gasteiger partial charge in [-0.3, -0.25) is 19.4 Å². The fraction of sp³-hybridized carbons (Fsp3) is 0.0833. The molecule has 1 aliphatic heterocycles. The summed E-state index contributed by atoms with van der Waals surface area (Å²) in [6.07, 6.45) is 2.44. The van der Waals surface area contributed by atoms with E-state index in [2.05, 4.69) is 34.9 Å². The largest absolute Gasteiger partial charge is 0.309 e. The fourth-order valence-electron chi connectivity index (χ4n) is 5.35. The summed E-state index contributed by atoms with van der Waals surface area (Å²) in [4.78, 5) is 31.0. The van der Waals surface area contributed by atoms with E-state index in [1.807, 2.05) is 104 Å². The number of hydrogen-bond donors (Lipinski definition) is 0. The second kappa shape index (κ2) is 11.8. The van der Waals surface area contributed by atoms with Crippen molar-refractivity contribution in [2.45, 2.75) is 13.3 Å². The first-order valence-corrected chi connectivity index (χ1v) is 14.4. The molecule has 0 radical (unpaired) electrons. The van der Waals surface area contributed by atoms with Crippen LogP contribution in [-0.4, -0.2) is 32.9 Å². The van der Waals surface area contributed by atoms with Gasteiger partial charge in [-0.15, -0.1) is 0 Å². The molecule has 0 aliphatic carbocycles. The van der Waals surface area contributed by atoms with Crippen LogP contribution in [-0.2, 0) is 9.59 Å². The summed E-state index contributed by atoms with van der Waals surface area (Å²) in [5.74, 6) is -0.817. The van der Waals surface area contributed by atoms with Crippen molar-refractivity contribution in [1.82, 2.24) is 9.47 Å². The normalized spacial score (nSPS) is 14.6. The maximum absolute atomic E-state index is 14.1. The van der Waals surface area contributed by atoms with Crippen molar-refractivity contribution in [3.63, 3.8) is 0 Å². The molecule has 6 heteroatoms. The zero-order valence-corrected chi connectivity index (χ0v) is 24.0. The van der Waals surface area contributed by atoms with Crippen LogP contribution in [0.1, 0.15) is 18.9 Å². The summed E-state index contributed by atoms with van der Waals surface area (Å²) in [7, 11) is 0. The molecular weight excluding hydrogens is 538 g/mol. The third kappa shape index (κ3) is 4.97. The van der Waals surface area contributed by atoms with Crippen molar-refractivity contribution in [3.8, 4) is 28.2 Å². The summed E-state index contributed by atoms with van der Waals surface area (Å²) in [5.41, 5.74) is 6.25. The molecule has 206 valence electrons. The van der Waals surface area contributed by atoms with E-state index in [1.54, 1.807) is 6.08 Å². The molecule has 5 aromatic rings. The van der Waals surface area contributed by atoms with Crippen molar-refractivity contribution in [2.75, 3.05) is 11.4 Å². The number of para-hydroxylation sites is 2. The number of benzene rings is 4. The fourth-order valence-corrected chi connectivity index (χ4v) is 5.72. The van der Waals surface area contributed by atoms with E-state index in [-0.39, 0.29) is 16.6 Å². The molecule has 1 aliphatic rings. The Balaban J connectivity index is 1.62. The van der Waals surface area contributed by atoms with Crippen molar-refractivity contribution >= 4 is 40.9 Å². The maximum Gasteiger partial charge on any atom is 0.270 e. The van der Waals surface area contributed by atoms with Crippen LogP contribution >= 0.6 is 12.2 Å². The van der Waals surface area contributed by atoms with Crippen LogP contribution in [0.15, 0.2) is 133 Å². The standard InChI is InChI=1S/C36H29N3O2S/c1-2-23-37-34(40)31(35(41)39(36(37)42)30-21-13-6-14-22-30)24-28-25-32(26-15-7-3-8-16-26)38(29-19-11-5-12-20-29)33(28)27-17-9-4-10-18-27/h3-22,24-25H,2,23H2,1H3/b31-24-. The van der Waals surface area contributed by atoms with Gasteiger partial charge in [-0.25, -0.2) is 0 Å². The average molecular weight is 568 g/mol. The second-order valence-corrected chi connectivity index (χ2v) is 10.4. The molecule has 4 aromatic carbocycles. The molecule has 1 saturated heterocycles. The predicted octanol–water partition coefficient (Wildman–Crippen LogP) is 7.77. The Bertz CT molecular complexity index is 1780. The number of nitrogens with zero attached hydrogens (tertiary/aromatic N) is 3. The third-order valence-corrected chi connectivity index (χ3v) is 7.66. The number of amides is 2. The molecule has 6 rings (SSSR count).